The maximum Gasteiger partial charge on any atom is 0.248 e. The Balaban J connectivity index is 1.71. The number of tetrazole rings is 1. The zero-order valence-corrected chi connectivity index (χ0v) is 16.3. The van der Waals surface area contributed by atoms with E-state index in [1.807, 2.05) is 44.2 Å². The summed E-state index contributed by atoms with van der Waals surface area (Å²) in [4.78, 5) is 0.275. The highest BCUT2D eigenvalue weighted by atomic mass is 32.2. The van der Waals surface area contributed by atoms with Gasteiger partial charge < -0.3 is 5.32 Å². The van der Waals surface area contributed by atoms with Crippen LogP contribution in [0, 0.1) is 0 Å². The van der Waals surface area contributed by atoms with Gasteiger partial charge in [0.15, 0.2) is 0 Å². The number of hydrogen-bond donors (Lipinski definition) is 1. The highest BCUT2D eigenvalue weighted by Crippen LogP contribution is 2.18. The van der Waals surface area contributed by atoms with E-state index in [1.165, 1.54) is 4.31 Å². The van der Waals surface area contributed by atoms with Crippen LogP contribution in [0.5, 0.6) is 0 Å². The molecule has 8 nitrogen and oxygen atoms in total. The summed E-state index contributed by atoms with van der Waals surface area (Å²) in [5, 5.41) is 14.9. The van der Waals surface area contributed by atoms with E-state index in [9.17, 15) is 8.42 Å². The molecular formula is C18H22N6O2S. The molecule has 1 aromatic heterocycles. The molecular weight excluding hydrogens is 364 g/mol. The van der Waals surface area contributed by atoms with Crippen molar-refractivity contribution in [1.82, 2.24) is 24.5 Å². The van der Waals surface area contributed by atoms with Gasteiger partial charge in [0, 0.05) is 19.6 Å². The molecule has 0 fully saturated rings. The molecule has 1 N–H and O–H groups in total. The van der Waals surface area contributed by atoms with Gasteiger partial charge in [0.25, 0.3) is 0 Å². The molecule has 3 rings (SSSR count). The predicted octanol–water partition coefficient (Wildman–Crippen LogP) is 2.30. The first-order valence-corrected chi connectivity index (χ1v) is 9.98. The van der Waals surface area contributed by atoms with Crippen LogP contribution in [0.2, 0.25) is 0 Å². The molecule has 0 aliphatic carbocycles. The molecule has 9 heteroatoms. The number of hydrogen-bond acceptors (Lipinski definition) is 6. The fourth-order valence-corrected chi connectivity index (χ4v) is 3.81. The van der Waals surface area contributed by atoms with Gasteiger partial charge in [-0.15, -0.1) is 0 Å². The van der Waals surface area contributed by atoms with E-state index < -0.39 is 10.0 Å². The van der Waals surface area contributed by atoms with Gasteiger partial charge in [-0.1, -0.05) is 35.4 Å². The number of nitrogens with one attached hydrogen (secondary N) is 1. The highest BCUT2D eigenvalue weighted by Gasteiger charge is 2.22. The van der Waals surface area contributed by atoms with Crippen LogP contribution in [-0.2, 0) is 16.6 Å². The van der Waals surface area contributed by atoms with Crippen LogP contribution in [0.4, 0.5) is 5.95 Å². The Morgan fingerprint density at radius 3 is 2.37 bits per heavy atom. The largest absolute Gasteiger partial charge is 0.349 e. The maximum atomic E-state index is 12.5. The smallest absolute Gasteiger partial charge is 0.248 e. The molecule has 0 spiro atoms. The molecule has 27 heavy (non-hydrogen) atoms. The van der Waals surface area contributed by atoms with Gasteiger partial charge in [0.05, 0.1) is 10.6 Å². The molecule has 142 valence electrons. The van der Waals surface area contributed by atoms with Crippen molar-refractivity contribution in [1.29, 1.82) is 0 Å². The molecule has 0 aliphatic heterocycles. The van der Waals surface area contributed by atoms with Gasteiger partial charge in [-0.05, 0) is 54.1 Å². The Morgan fingerprint density at radius 1 is 1.07 bits per heavy atom. The molecule has 1 heterocycles. The molecule has 0 unspecified atom stereocenters. The summed E-state index contributed by atoms with van der Waals surface area (Å²) in [5.74, 6) is 0.512. The van der Waals surface area contributed by atoms with Crippen molar-refractivity contribution in [3.8, 4) is 5.69 Å². The van der Waals surface area contributed by atoms with Crippen molar-refractivity contribution in [3.63, 3.8) is 0 Å². The van der Waals surface area contributed by atoms with Gasteiger partial charge in [0.1, 0.15) is 0 Å². The number of para-hydroxylation sites is 1. The zero-order valence-electron chi connectivity index (χ0n) is 15.4. The third-order valence-corrected chi connectivity index (χ3v) is 6.30. The second kappa shape index (κ2) is 7.85. The van der Waals surface area contributed by atoms with E-state index in [1.54, 1.807) is 36.0 Å². The fraction of sp³-hybridized carbons (Fsp3) is 0.278. The second-order valence-electron chi connectivity index (χ2n) is 6.36. The van der Waals surface area contributed by atoms with Crippen LogP contribution >= 0.6 is 0 Å². The molecule has 0 saturated carbocycles. The van der Waals surface area contributed by atoms with Crippen LogP contribution in [0.15, 0.2) is 59.5 Å². The minimum absolute atomic E-state index is 0.104. The normalized spacial score (nSPS) is 11.9. The molecule has 3 aromatic rings. The molecule has 0 bridgehead atoms. The summed E-state index contributed by atoms with van der Waals surface area (Å²) >= 11 is 0. The van der Waals surface area contributed by atoms with Crippen molar-refractivity contribution < 1.29 is 8.42 Å². The number of benzene rings is 2. The second-order valence-corrected chi connectivity index (χ2v) is 8.36. The molecule has 0 radical (unpaired) electrons. The van der Waals surface area contributed by atoms with E-state index in [4.69, 9.17) is 0 Å². The summed E-state index contributed by atoms with van der Waals surface area (Å²) in [6, 6.07) is 16.3. The SMILES string of the molecule is CC(C)N(C)S(=O)(=O)c1ccc(CNc2nnnn2-c2ccccc2)cc1. The molecule has 0 atom stereocenters. The summed E-state index contributed by atoms with van der Waals surface area (Å²) < 4.78 is 28.0. The van der Waals surface area contributed by atoms with E-state index in [2.05, 4.69) is 20.8 Å². The summed E-state index contributed by atoms with van der Waals surface area (Å²) in [6.07, 6.45) is 0. The standard InChI is InChI=1S/C18H22N6O2S/c1-14(2)23(3)27(25,26)17-11-9-15(10-12-17)13-19-18-20-21-22-24(18)16-7-5-4-6-8-16/h4-12,14H,13H2,1-3H3,(H,19,20,22). The first-order valence-electron chi connectivity index (χ1n) is 8.54. The first-order chi connectivity index (χ1) is 12.9. The average Bonchev–Trinajstić information content (AvgIpc) is 3.15. The van der Waals surface area contributed by atoms with Crippen LogP contribution in [0.1, 0.15) is 19.4 Å². The van der Waals surface area contributed by atoms with Crippen LogP contribution < -0.4 is 5.32 Å². The van der Waals surface area contributed by atoms with Gasteiger partial charge in [-0.2, -0.15) is 8.99 Å². The van der Waals surface area contributed by atoms with E-state index in [0.717, 1.165) is 11.3 Å². The number of aromatic nitrogens is 4. The molecule has 0 amide bonds. The number of sulfonamides is 1. The summed E-state index contributed by atoms with van der Waals surface area (Å²) in [7, 11) is -1.90. The lowest BCUT2D eigenvalue weighted by atomic mass is 10.2. The van der Waals surface area contributed by atoms with Crippen molar-refractivity contribution in [2.24, 2.45) is 0 Å². The van der Waals surface area contributed by atoms with Crippen LogP contribution in [0.25, 0.3) is 5.69 Å². The lowest BCUT2D eigenvalue weighted by Crippen LogP contribution is -2.33. The summed E-state index contributed by atoms with van der Waals surface area (Å²) in [6.45, 7) is 4.15. The lowest BCUT2D eigenvalue weighted by Gasteiger charge is -2.21. The topological polar surface area (TPSA) is 93.0 Å². The van der Waals surface area contributed by atoms with E-state index in [0.29, 0.717) is 12.5 Å². The van der Waals surface area contributed by atoms with Crippen LogP contribution in [-0.4, -0.2) is 46.0 Å². The number of rotatable bonds is 7. The van der Waals surface area contributed by atoms with E-state index >= 15 is 0 Å². The fourth-order valence-electron chi connectivity index (χ4n) is 2.44. The van der Waals surface area contributed by atoms with Crippen molar-refractivity contribution >= 4 is 16.0 Å². The van der Waals surface area contributed by atoms with Gasteiger partial charge in [0.2, 0.25) is 16.0 Å². The molecule has 0 saturated heterocycles. The van der Waals surface area contributed by atoms with Crippen molar-refractivity contribution in [2.75, 3.05) is 12.4 Å². The Hall–Kier alpha value is -2.78. The monoisotopic (exact) mass is 386 g/mol. The van der Waals surface area contributed by atoms with Gasteiger partial charge >= 0.3 is 0 Å². The van der Waals surface area contributed by atoms with Crippen molar-refractivity contribution in [3.05, 3.63) is 60.2 Å². The third-order valence-electron chi connectivity index (χ3n) is 4.25. The quantitative estimate of drug-likeness (QED) is 0.670. The predicted molar refractivity (Wildman–Crippen MR) is 103 cm³/mol. The molecule has 2 aromatic carbocycles. The maximum absolute atomic E-state index is 12.5. The Bertz CT molecular complexity index is 984. The first kappa shape index (κ1) is 19.0. The lowest BCUT2D eigenvalue weighted by molar-refractivity contribution is 0.410. The van der Waals surface area contributed by atoms with Crippen LogP contribution in [0.3, 0.4) is 0 Å². The number of nitrogens with zero attached hydrogens (tertiary/aromatic N) is 5. The van der Waals surface area contributed by atoms with Crippen molar-refractivity contribution in [2.45, 2.75) is 31.3 Å². The minimum atomic E-state index is -3.48. The highest BCUT2D eigenvalue weighted by molar-refractivity contribution is 7.89. The Labute approximate surface area is 158 Å². The Kier molecular flexibility index (Phi) is 5.52. The molecule has 0 aliphatic rings. The minimum Gasteiger partial charge on any atom is -0.349 e. The Morgan fingerprint density at radius 2 is 1.74 bits per heavy atom. The average molecular weight is 386 g/mol. The number of anilines is 1. The third kappa shape index (κ3) is 4.15. The van der Waals surface area contributed by atoms with Gasteiger partial charge in [-0.25, -0.2) is 8.42 Å². The summed E-state index contributed by atoms with van der Waals surface area (Å²) in [5.41, 5.74) is 1.77. The van der Waals surface area contributed by atoms with E-state index in [-0.39, 0.29) is 10.9 Å². The zero-order chi connectivity index (χ0) is 19.4. The van der Waals surface area contributed by atoms with Gasteiger partial charge in [-0.3, -0.25) is 0 Å².